The number of thioether (sulfide) groups is 1. The molecule has 2 aromatic rings. The van der Waals surface area contributed by atoms with Crippen molar-refractivity contribution in [2.24, 2.45) is 5.73 Å². The minimum Gasteiger partial charge on any atom is -0.415 e. The molecule has 0 bridgehead atoms. The van der Waals surface area contributed by atoms with Crippen LogP contribution in [-0.2, 0) is 11.3 Å². The normalized spacial score (nSPS) is 10.6. The van der Waals surface area contributed by atoms with Crippen LogP contribution in [0.25, 0.3) is 0 Å². The van der Waals surface area contributed by atoms with Crippen molar-refractivity contribution in [3.63, 3.8) is 0 Å². The second-order valence-electron chi connectivity index (χ2n) is 4.38. The number of carbonyl (C=O) groups excluding carboxylic acids is 1. The lowest BCUT2D eigenvalue weighted by molar-refractivity contribution is -0.116. The van der Waals surface area contributed by atoms with Gasteiger partial charge in [0.1, 0.15) is 0 Å². The molecule has 0 spiro atoms. The average molecular weight is 306 g/mol. The molecule has 0 saturated carbocycles. The Morgan fingerprint density at radius 1 is 1.38 bits per heavy atom. The molecule has 2 rings (SSSR count). The quantitative estimate of drug-likeness (QED) is 0.821. The molecule has 112 valence electrons. The summed E-state index contributed by atoms with van der Waals surface area (Å²) in [7, 11) is 0. The first-order valence-corrected chi connectivity index (χ1v) is 7.65. The van der Waals surface area contributed by atoms with Gasteiger partial charge in [-0.3, -0.25) is 4.79 Å². The van der Waals surface area contributed by atoms with Crippen molar-refractivity contribution in [2.45, 2.75) is 25.6 Å². The van der Waals surface area contributed by atoms with Crippen molar-refractivity contribution in [3.05, 3.63) is 35.7 Å². The fourth-order valence-electron chi connectivity index (χ4n) is 1.93. The van der Waals surface area contributed by atoms with Crippen molar-refractivity contribution in [3.8, 4) is 0 Å². The largest absolute Gasteiger partial charge is 0.415 e. The Morgan fingerprint density at radius 2 is 2.14 bits per heavy atom. The highest BCUT2D eigenvalue weighted by atomic mass is 32.2. The first-order chi connectivity index (χ1) is 10.2. The van der Waals surface area contributed by atoms with Crippen LogP contribution in [0.4, 0.5) is 5.69 Å². The van der Waals surface area contributed by atoms with Crippen LogP contribution in [0, 0.1) is 6.92 Å². The second kappa shape index (κ2) is 7.24. The molecule has 0 aliphatic heterocycles. The predicted molar refractivity (Wildman–Crippen MR) is 82.1 cm³/mol. The van der Waals surface area contributed by atoms with E-state index >= 15 is 0 Å². The Morgan fingerprint density at radius 3 is 2.76 bits per heavy atom. The molecule has 6 nitrogen and oxygen atoms in total. The third-order valence-corrected chi connectivity index (χ3v) is 3.77. The SMILES string of the molecule is CCN(C(=O)CSc1nnc(CN)o1)c1ccccc1C. The maximum atomic E-state index is 12.4. The Hall–Kier alpha value is -1.86. The molecule has 21 heavy (non-hydrogen) atoms. The number of aryl methyl sites for hydroxylation is 1. The summed E-state index contributed by atoms with van der Waals surface area (Å²) >= 11 is 1.22. The molecule has 0 atom stereocenters. The highest BCUT2D eigenvalue weighted by Crippen LogP contribution is 2.22. The lowest BCUT2D eigenvalue weighted by atomic mass is 10.2. The van der Waals surface area contributed by atoms with Gasteiger partial charge < -0.3 is 15.1 Å². The molecule has 2 N–H and O–H groups in total. The summed E-state index contributed by atoms with van der Waals surface area (Å²) in [6.45, 7) is 4.76. The molecule has 7 heteroatoms. The van der Waals surface area contributed by atoms with E-state index in [0.717, 1.165) is 11.3 Å². The van der Waals surface area contributed by atoms with Crippen molar-refractivity contribution >= 4 is 23.4 Å². The third kappa shape index (κ3) is 3.83. The van der Waals surface area contributed by atoms with E-state index in [9.17, 15) is 4.79 Å². The van der Waals surface area contributed by atoms with Gasteiger partial charge in [-0.2, -0.15) is 0 Å². The fraction of sp³-hybridized carbons (Fsp3) is 0.357. The van der Waals surface area contributed by atoms with Crippen molar-refractivity contribution in [1.82, 2.24) is 10.2 Å². The minimum absolute atomic E-state index is 0.00398. The van der Waals surface area contributed by atoms with Gasteiger partial charge in [0.2, 0.25) is 11.8 Å². The highest BCUT2D eigenvalue weighted by molar-refractivity contribution is 7.99. The zero-order chi connectivity index (χ0) is 15.2. The van der Waals surface area contributed by atoms with Crippen LogP contribution in [-0.4, -0.2) is 28.4 Å². The Balaban J connectivity index is 2.02. The summed E-state index contributed by atoms with van der Waals surface area (Å²) in [5.41, 5.74) is 7.40. The summed E-state index contributed by atoms with van der Waals surface area (Å²) < 4.78 is 5.27. The maximum Gasteiger partial charge on any atom is 0.277 e. The van der Waals surface area contributed by atoms with E-state index < -0.39 is 0 Å². The average Bonchev–Trinajstić information content (AvgIpc) is 2.96. The molecule has 0 unspecified atom stereocenters. The summed E-state index contributed by atoms with van der Waals surface area (Å²) in [5.74, 6) is 0.620. The Bertz CT molecular complexity index is 615. The Labute approximate surface area is 127 Å². The topological polar surface area (TPSA) is 85.2 Å². The van der Waals surface area contributed by atoms with Gasteiger partial charge in [0.15, 0.2) is 0 Å². The van der Waals surface area contributed by atoms with Crippen molar-refractivity contribution in [2.75, 3.05) is 17.2 Å². The van der Waals surface area contributed by atoms with Crippen LogP contribution >= 0.6 is 11.8 Å². The molecule has 1 aromatic carbocycles. The number of anilines is 1. The molecular formula is C14H18N4O2S. The van der Waals surface area contributed by atoms with Crippen LogP contribution in [0.3, 0.4) is 0 Å². The van der Waals surface area contributed by atoms with Gasteiger partial charge in [-0.05, 0) is 25.5 Å². The lowest BCUT2D eigenvalue weighted by Crippen LogP contribution is -2.32. The molecule has 1 amide bonds. The van der Waals surface area contributed by atoms with Gasteiger partial charge >= 0.3 is 0 Å². The first kappa shape index (κ1) is 15.5. The number of benzene rings is 1. The van der Waals surface area contributed by atoms with E-state index in [1.807, 2.05) is 38.1 Å². The summed E-state index contributed by atoms with van der Waals surface area (Å²) in [6, 6.07) is 7.82. The van der Waals surface area contributed by atoms with Crippen LogP contribution in [0.2, 0.25) is 0 Å². The van der Waals surface area contributed by atoms with E-state index in [4.69, 9.17) is 10.2 Å². The molecule has 0 aliphatic rings. The predicted octanol–water partition coefficient (Wildman–Crippen LogP) is 1.98. The second-order valence-corrected chi connectivity index (χ2v) is 5.31. The smallest absolute Gasteiger partial charge is 0.277 e. The van der Waals surface area contributed by atoms with E-state index in [-0.39, 0.29) is 18.2 Å². The van der Waals surface area contributed by atoms with Gasteiger partial charge in [0.25, 0.3) is 5.22 Å². The molecule has 0 radical (unpaired) electrons. The number of hydrogen-bond acceptors (Lipinski definition) is 6. The number of aromatic nitrogens is 2. The summed E-state index contributed by atoms with van der Waals surface area (Å²) in [4.78, 5) is 14.1. The molecule has 0 saturated heterocycles. The van der Waals surface area contributed by atoms with Gasteiger partial charge in [-0.15, -0.1) is 10.2 Å². The number of hydrogen-bond donors (Lipinski definition) is 1. The minimum atomic E-state index is 0.00398. The number of nitrogens with two attached hydrogens (primary N) is 1. The van der Waals surface area contributed by atoms with Gasteiger partial charge in [-0.1, -0.05) is 30.0 Å². The van der Waals surface area contributed by atoms with Crippen LogP contribution in [0.5, 0.6) is 0 Å². The third-order valence-electron chi connectivity index (χ3n) is 2.97. The molecule has 1 aromatic heterocycles. The van der Waals surface area contributed by atoms with E-state index in [2.05, 4.69) is 10.2 Å². The number of para-hydroxylation sites is 1. The number of amides is 1. The van der Waals surface area contributed by atoms with Gasteiger partial charge in [-0.25, -0.2) is 0 Å². The first-order valence-electron chi connectivity index (χ1n) is 6.67. The molecule has 0 fully saturated rings. The molecule has 1 heterocycles. The standard InChI is InChI=1S/C14H18N4O2S/c1-3-18(11-7-5-4-6-10(11)2)13(19)9-21-14-17-16-12(8-15)20-14/h4-7H,3,8-9,15H2,1-2H3. The van der Waals surface area contributed by atoms with Gasteiger partial charge in [0.05, 0.1) is 12.3 Å². The fourth-order valence-corrected chi connectivity index (χ4v) is 2.58. The number of rotatable bonds is 6. The van der Waals surface area contributed by atoms with Gasteiger partial charge in [0, 0.05) is 12.2 Å². The van der Waals surface area contributed by atoms with E-state index in [0.29, 0.717) is 17.7 Å². The molecular weight excluding hydrogens is 288 g/mol. The van der Waals surface area contributed by atoms with Crippen LogP contribution in [0.15, 0.2) is 33.9 Å². The molecule has 0 aliphatic carbocycles. The number of carbonyl (C=O) groups is 1. The number of nitrogens with zero attached hydrogens (tertiary/aromatic N) is 3. The van der Waals surface area contributed by atoms with E-state index in [1.165, 1.54) is 11.8 Å². The lowest BCUT2D eigenvalue weighted by Gasteiger charge is -2.22. The highest BCUT2D eigenvalue weighted by Gasteiger charge is 2.17. The van der Waals surface area contributed by atoms with Crippen molar-refractivity contribution < 1.29 is 9.21 Å². The monoisotopic (exact) mass is 306 g/mol. The zero-order valence-corrected chi connectivity index (χ0v) is 12.9. The van der Waals surface area contributed by atoms with Crippen LogP contribution in [0.1, 0.15) is 18.4 Å². The zero-order valence-electron chi connectivity index (χ0n) is 12.1. The van der Waals surface area contributed by atoms with Crippen LogP contribution < -0.4 is 10.6 Å². The van der Waals surface area contributed by atoms with Crippen molar-refractivity contribution in [1.29, 1.82) is 0 Å². The Kier molecular flexibility index (Phi) is 5.35. The summed E-state index contributed by atoms with van der Waals surface area (Å²) in [6.07, 6.45) is 0. The summed E-state index contributed by atoms with van der Waals surface area (Å²) in [5, 5.41) is 7.96. The van der Waals surface area contributed by atoms with E-state index in [1.54, 1.807) is 4.90 Å². The maximum absolute atomic E-state index is 12.4.